The highest BCUT2D eigenvalue weighted by Gasteiger charge is 2.34. The van der Waals surface area contributed by atoms with Crippen molar-refractivity contribution in [3.63, 3.8) is 0 Å². The van der Waals surface area contributed by atoms with Gasteiger partial charge in [0.2, 0.25) is 17.6 Å². The van der Waals surface area contributed by atoms with Crippen LogP contribution in [0.1, 0.15) is 18.7 Å². The lowest BCUT2D eigenvalue weighted by atomic mass is 10.2. The van der Waals surface area contributed by atoms with Crippen LogP contribution >= 0.6 is 0 Å². The molecule has 4 rings (SSSR count). The third-order valence-electron chi connectivity index (χ3n) is 4.78. The van der Waals surface area contributed by atoms with E-state index in [2.05, 4.69) is 19.8 Å². The Labute approximate surface area is 154 Å². The first-order valence-corrected chi connectivity index (χ1v) is 8.98. The maximum absolute atomic E-state index is 12.6. The Balaban J connectivity index is 1.37. The molecule has 2 fully saturated rings. The van der Waals surface area contributed by atoms with E-state index in [0.29, 0.717) is 31.1 Å². The Hall–Kier alpha value is -2.55. The number of amides is 1. The minimum Gasteiger partial charge on any atom is -0.434 e. The van der Waals surface area contributed by atoms with Crippen LogP contribution in [0.15, 0.2) is 28.8 Å². The van der Waals surface area contributed by atoms with E-state index in [4.69, 9.17) is 4.52 Å². The zero-order chi connectivity index (χ0) is 18.8. The number of piperazine rings is 1. The molecule has 1 saturated carbocycles. The van der Waals surface area contributed by atoms with Gasteiger partial charge in [-0.15, -0.1) is 0 Å². The lowest BCUT2D eigenvalue weighted by Gasteiger charge is -2.34. The summed E-state index contributed by atoms with van der Waals surface area (Å²) in [5.74, 6) is 1.13. The minimum atomic E-state index is -2.92. The number of ether oxygens (including phenoxy) is 1. The fourth-order valence-corrected chi connectivity index (χ4v) is 3.18. The summed E-state index contributed by atoms with van der Waals surface area (Å²) in [6.45, 7) is 0.397. The molecule has 2 aromatic rings. The van der Waals surface area contributed by atoms with Crippen molar-refractivity contribution in [2.75, 3.05) is 26.2 Å². The second kappa shape index (κ2) is 7.59. The van der Waals surface area contributed by atoms with Gasteiger partial charge in [0.1, 0.15) is 5.75 Å². The second-order valence-electron chi connectivity index (χ2n) is 6.76. The number of para-hydroxylation sites is 1. The first-order chi connectivity index (χ1) is 13.1. The Bertz CT molecular complexity index is 801. The number of rotatable bonds is 6. The molecule has 1 aliphatic heterocycles. The summed E-state index contributed by atoms with van der Waals surface area (Å²) < 4.78 is 34.9. The van der Waals surface area contributed by atoms with Crippen LogP contribution in [0.5, 0.6) is 5.75 Å². The normalized spacial score (nSPS) is 18.1. The summed E-state index contributed by atoms with van der Waals surface area (Å²) in [6.07, 6.45) is 2.03. The lowest BCUT2D eigenvalue weighted by molar-refractivity contribution is -0.134. The predicted octanol–water partition coefficient (Wildman–Crippen LogP) is 2.39. The van der Waals surface area contributed by atoms with Gasteiger partial charge in [0.15, 0.2) is 0 Å². The fraction of sp³-hybridized carbons (Fsp3) is 0.500. The largest absolute Gasteiger partial charge is 0.434 e. The number of hydrogen-bond donors (Lipinski definition) is 0. The Morgan fingerprint density at radius 3 is 2.67 bits per heavy atom. The molecule has 27 heavy (non-hydrogen) atoms. The molecule has 2 heterocycles. The van der Waals surface area contributed by atoms with Crippen LogP contribution < -0.4 is 4.74 Å². The van der Waals surface area contributed by atoms with Crippen molar-refractivity contribution in [3.8, 4) is 17.1 Å². The number of carbonyl (C=O) groups is 1. The number of alkyl halides is 2. The zero-order valence-corrected chi connectivity index (χ0v) is 14.7. The molecule has 0 atom stereocenters. The van der Waals surface area contributed by atoms with Crippen molar-refractivity contribution < 1.29 is 22.8 Å². The molecule has 2 aliphatic rings. The van der Waals surface area contributed by atoms with Crippen LogP contribution in [0.3, 0.4) is 0 Å². The summed E-state index contributed by atoms with van der Waals surface area (Å²) in [5, 5.41) is 3.89. The topological polar surface area (TPSA) is 71.7 Å². The molecule has 0 radical (unpaired) electrons. The molecule has 0 unspecified atom stereocenters. The van der Waals surface area contributed by atoms with Crippen molar-refractivity contribution in [3.05, 3.63) is 30.2 Å². The van der Waals surface area contributed by atoms with Gasteiger partial charge in [-0.05, 0) is 25.0 Å². The highest BCUT2D eigenvalue weighted by molar-refractivity contribution is 5.81. The summed E-state index contributed by atoms with van der Waals surface area (Å²) >= 11 is 0. The molecule has 1 saturated heterocycles. The maximum Gasteiger partial charge on any atom is 0.387 e. The van der Waals surface area contributed by atoms with Crippen LogP contribution in [0.25, 0.3) is 11.4 Å². The molecule has 144 valence electrons. The molecule has 7 nitrogen and oxygen atoms in total. The van der Waals surface area contributed by atoms with Gasteiger partial charge in [0.05, 0.1) is 12.1 Å². The van der Waals surface area contributed by atoms with Crippen molar-refractivity contribution >= 4 is 5.91 Å². The molecule has 1 amide bonds. The average Bonchev–Trinajstić information content (AvgIpc) is 3.41. The first-order valence-electron chi connectivity index (χ1n) is 8.98. The van der Waals surface area contributed by atoms with E-state index >= 15 is 0 Å². The van der Waals surface area contributed by atoms with Gasteiger partial charge < -0.3 is 14.2 Å². The van der Waals surface area contributed by atoms with Crippen LogP contribution in [0, 0.1) is 5.92 Å². The van der Waals surface area contributed by atoms with E-state index in [1.54, 1.807) is 18.2 Å². The van der Waals surface area contributed by atoms with Gasteiger partial charge >= 0.3 is 6.61 Å². The molecular formula is C18H20F2N4O3. The molecule has 1 aliphatic carbocycles. The number of halogens is 2. The van der Waals surface area contributed by atoms with Gasteiger partial charge in [-0.3, -0.25) is 9.69 Å². The number of benzene rings is 1. The zero-order valence-electron chi connectivity index (χ0n) is 14.7. The third-order valence-corrected chi connectivity index (χ3v) is 4.78. The Morgan fingerprint density at radius 2 is 1.96 bits per heavy atom. The Morgan fingerprint density at radius 1 is 1.22 bits per heavy atom. The van der Waals surface area contributed by atoms with Gasteiger partial charge in [-0.2, -0.15) is 13.8 Å². The van der Waals surface area contributed by atoms with Gasteiger partial charge in [-0.1, -0.05) is 17.3 Å². The number of hydrogen-bond acceptors (Lipinski definition) is 6. The quantitative estimate of drug-likeness (QED) is 0.769. The van der Waals surface area contributed by atoms with Crippen molar-refractivity contribution in [2.45, 2.75) is 26.0 Å². The van der Waals surface area contributed by atoms with E-state index in [0.717, 1.165) is 25.9 Å². The van der Waals surface area contributed by atoms with Crippen molar-refractivity contribution in [2.24, 2.45) is 5.92 Å². The first kappa shape index (κ1) is 17.8. The van der Waals surface area contributed by atoms with E-state index < -0.39 is 6.61 Å². The standard InChI is InChI=1S/C18H20F2N4O3/c19-18(20)26-14-4-2-1-3-13(14)16-21-15(27-22-16)11-23-7-9-24(10-8-23)17(25)12-5-6-12/h1-4,12,18H,5-11H2. The monoisotopic (exact) mass is 378 g/mol. The SMILES string of the molecule is O=C(C1CC1)N1CCN(Cc2nc(-c3ccccc3OC(F)F)no2)CC1. The summed E-state index contributed by atoms with van der Waals surface area (Å²) in [5.41, 5.74) is 0.354. The van der Waals surface area contributed by atoms with Crippen LogP contribution in [0.4, 0.5) is 8.78 Å². The van der Waals surface area contributed by atoms with Gasteiger partial charge in [0, 0.05) is 32.1 Å². The summed E-state index contributed by atoms with van der Waals surface area (Å²) in [4.78, 5) is 20.5. The van der Waals surface area contributed by atoms with Gasteiger partial charge in [-0.25, -0.2) is 0 Å². The second-order valence-corrected chi connectivity index (χ2v) is 6.76. The number of nitrogens with zero attached hydrogens (tertiary/aromatic N) is 4. The van der Waals surface area contributed by atoms with Gasteiger partial charge in [0.25, 0.3) is 0 Å². The molecule has 1 aromatic heterocycles. The van der Waals surface area contributed by atoms with Crippen LogP contribution in [-0.2, 0) is 11.3 Å². The van der Waals surface area contributed by atoms with E-state index in [9.17, 15) is 13.6 Å². The predicted molar refractivity (Wildman–Crippen MR) is 90.9 cm³/mol. The van der Waals surface area contributed by atoms with E-state index in [1.165, 1.54) is 6.07 Å². The smallest absolute Gasteiger partial charge is 0.387 e. The summed E-state index contributed by atoms with van der Waals surface area (Å²) in [7, 11) is 0. The van der Waals surface area contributed by atoms with Crippen molar-refractivity contribution in [1.82, 2.24) is 19.9 Å². The number of carbonyl (C=O) groups excluding carboxylic acids is 1. The van der Waals surface area contributed by atoms with Crippen molar-refractivity contribution in [1.29, 1.82) is 0 Å². The third kappa shape index (κ3) is 4.24. The molecule has 0 N–H and O–H groups in total. The lowest BCUT2D eigenvalue weighted by Crippen LogP contribution is -2.48. The maximum atomic E-state index is 12.6. The molecular weight excluding hydrogens is 358 g/mol. The average molecular weight is 378 g/mol. The Kier molecular flexibility index (Phi) is 5.02. The molecule has 0 spiro atoms. The fourth-order valence-electron chi connectivity index (χ4n) is 3.18. The van der Waals surface area contributed by atoms with E-state index in [-0.39, 0.29) is 23.4 Å². The molecule has 0 bridgehead atoms. The highest BCUT2D eigenvalue weighted by atomic mass is 19.3. The van der Waals surface area contributed by atoms with E-state index in [1.807, 2.05) is 4.90 Å². The molecule has 9 heteroatoms. The molecule has 1 aromatic carbocycles. The van der Waals surface area contributed by atoms with Crippen LogP contribution in [-0.4, -0.2) is 58.6 Å². The van der Waals surface area contributed by atoms with Crippen LogP contribution in [0.2, 0.25) is 0 Å². The highest BCUT2D eigenvalue weighted by Crippen LogP contribution is 2.31. The minimum absolute atomic E-state index is 0.00653. The summed E-state index contributed by atoms with van der Waals surface area (Å²) in [6, 6.07) is 6.34. The number of aromatic nitrogens is 2.